The second kappa shape index (κ2) is 12.8. The van der Waals surface area contributed by atoms with Crippen LogP contribution in [0.3, 0.4) is 0 Å². The van der Waals surface area contributed by atoms with Gasteiger partial charge in [-0.25, -0.2) is 0 Å². The molecule has 0 aromatic heterocycles. The molecule has 1 rings (SSSR count). The van der Waals surface area contributed by atoms with Crippen molar-refractivity contribution in [2.24, 2.45) is 0 Å². The lowest BCUT2D eigenvalue weighted by Gasteiger charge is -2.20. The van der Waals surface area contributed by atoms with Gasteiger partial charge in [0.1, 0.15) is 0 Å². The van der Waals surface area contributed by atoms with E-state index in [1.165, 1.54) is 64.2 Å². The highest BCUT2D eigenvalue weighted by atomic mass is 79.9. The van der Waals surface area contributed by atoms with Crippen LogP contribution in [-0.4, -0.2) is 33.6 Å². The summed E-state index contributed by atoms with van der Waals surface area (Å²) < 4.78 is 0. The highest BCUT2D eigenvalue weighted by Gasteiger charge is 2.27. The first-order valence-electron chi connectivity index (χ1n) is 9.21. The Morgan fingerprint density at radius 2 is 1.45 bits per heavy atom. The van der Waals surface area contributed by atoms with Crippen molar-refractivity contribution in [3.8, 4) is 0 Å². The van der Waals surface area contributed by atoms with Crippen molar-refractivity contribution < 1.29 is 4.79 Å². The third-order valence-corrected chi connectivity index (χ3v) is 7.34. The number of amides is 1. The van der Waals surface area contributed by atoms with Crippen LogP contribution in [0.5, 0.6) is 0 Å². The van der Waals surface area contributed by atoms with Gasteiger partial charge in [-0.1, -0.05) is 96.6 Å². The van der Waals surface area contributed by atoms with Gasteiger partial charge in [-0.2, -0.15) is 0 Å². The Morgan fingerprint density at radius 1 is 0.909 bits per heavy atom. The highest BCUT2D eigenvalue weighted by Crippen LogP contribution is 2.25. The summed E-state index contributed by atoms with van der Waals surface area (Å²) in [5.74, 6) is 0.319. The van der Waals surface area contributed by atoms with Gasteiger partial charge in [0.15, 0.2) is 0 Å². The first kappa shape index (κ1) is 20.5. The SMILES string of the molecule is CCCCCCCCCCCCN1CCC(Br)C(Br)CC1=O. The van der Waals surface area contributed by atoms with Gasteiger partial charge < -0.3 is 4.90 Å². The maximum absolute atomic E-state index is 12.1. The molecule has 1 aliphatic rings. The van der Waals surface area contributed by atoms with Crippen molar-refractivity contribution in [1.29, 1.82) is 0 Å². The molecular formula is C18H33Br2NO. The average Bonchev–Trinajstić information content (AvgIpc) is 2.62. The Morgan fingerprint density at radius 3 is 2.05 bits per heavy atom. The Balaban J connectivity index is 1.99. The monoisotopic (exact) mass is 437 g/mol. The van der Waals surface area contributed by atoms with Crippen LogP contribution < -0.4 is 0 Å². The Bertz CT molecular complexity index is 299. The van der Waals surface area contributed by atoms with Gasteiger partial charge in [-0.15, -0.1) is 0 Å². The minimum Gasteiger partial charge on any atom is -0.343 e. The molecule has 22 heavy (non-hydrogen) atoms. The van der Waals surface area contributed by atoms with Gasteiger partial charge in [0.2, 0.25) is 5.91 Å². The van der Waals surface area contributed by atoms with Crippen LogP contribution in [0.1, 0.15) is 84.0 Å². The van der Waals surface area contributed by atoms with E-state index in [1.54, 1.807) is 0 Å². The molecule has 0 aromatic carbocycles. The summed E-state index contributed by atoms with van der Waals surface area (Å²) in [6.45, 7) is 4.13. The zero-order chi connectivity index (χ0) is 16.2. The Hall–Kier alpha value is 0.430. The predicted octanol–water partition coefficient (Wildman–Crippen LogP) is 6.06. The quantitative estimate of drug-likeness (QED) is 0.283. The molecule has 0 bridgehead atoms. The molecule has 0 spiro atoms. The van der Waals surface area contributed by atoms with Crippen LogP contribution >= 0.6 is 31.9 Å². The fraction of sp³-hybridized carbons (Fsp3) is 0.944. The molecule has 1 heterocycles. The van der Waals surface area contributed by atoms with Gasteiger partial charge in [0.25, 0.3) is 0 Å². The molecule has 1 fully saturated rings. The fourth-order valence-electron chi connectivity index (χ4n) is 3.04. The first-order chi connectivity index (χ1) is 10.6. The van der Waals surface area contributed by atoms with E-state index in [0.29, 0.717) is 17.2 Å². The van der Waals surface area contributed by atoms with Gasteiger partial charge in [0.05, 0.1) is 0 Å². The minimum atomic E-state index is 0.290. The zero-order valence-electron chi connectivity index (χ0n) is 14.2. The normalized spacial score (nSPS) is 22.9. The molecule has 2 unspecified atom stereocenters. The number of halogens is 2. The van der Waals surface area contributed by atoms with Gasteiger partial charge in [-0.05, 0) is 12.8 Å². The standard InChI is InChI=1S/C18H33Br2NO/c1-2-3-4-5-6-7-8-9-10-11-13-21-14-12-16(19)17(20)15-18(21)22/h16-17H,2-15H2,1H3. The molecular weight excluding hydrogens is 406 g/mol. The third-order valence-electron chi connectivity index (χ3n) is 4.57. The van der Waals surface area contributed by atoms with Crippen LogP contribution in [0.15, 0.2) is 0 Å². The highest BCUT2D eigenvalue weighted by molar-refractivity contribution is 9.12. The van der Waals surface area contributed by atoms with Crippen molar-refractivity contribution in [3.63, 3.8) is 0 Å². The van der Waals surface area contributed by atoms with Crippen molar-refractivity contribution in [2.45, 2.75) is 93.6 Å². The largest absolute Gasteiger partial charge is 0.343 e. The summed E-state index contributed by atoms with van der Waals surface area (Å²) in [7, 11) is 0. The lowest BCUT2D eigenvalue weighted by atomic mass is 10.1. The average molecular weight is 439 g/mol. The number of likely N-dealkylation sites (tertiary alicyclic amines) is 1. The number of rotatable bonds is 11. The minimum absolute atomic E-state index is 0.290. The topological polar surface area (TPSA) is 20.3 Å². The Labute approximate surface area is 154 Å². The van der Waals surface area contributed by atoms with Crippen molar-refractivity contribution in [1.82, 2.24) is 4.90 Å². The maximum Gasteiger partial charge on any atom is 0.223 e. The van der Waals surface area contributed by atoms with E-state index in [0.717, 1.165) is 19.5 Å². The summed E-state index contributed by atoms with van der Waals surface area (Å²) >= 11 is 7.28. The van der Waals surface area contributed by atoms with Crippen molar-refractivity contribution in [3.05, 3.63) is 0 Å². The number of carbonyl (C=O) groups excluding carboxylic acids is 1. The molecule has 0 aromatic rings. The van der Waals surface area contributed by atoms with E-state index in [9.17, 15) is 4.79 Å². The van der Waals surface area contributed by atoms with E-state index < -0.39 is 0 Å². The molecule has 0 aliphatic carbocycles. The maximum atomic E-state index is 12.1. The number of carbonyl (C=O) groups is 1. The Kier molecular flexibility index (Phi) is 11.9. The molecule has 1 saturated heterocycles. The van der Waals surface area contributed by atoms with E-state index in [2.05, 4.69) is 43.7 Å². The fourth-order valence-corrected chi connectivity index (χ4v) is 3.97. The first-order valence-corrected chi connectivity index (χ1v) is 11.0. The molecule has 0 N–H and O–H groups in total. The van der Waals surface area contributed by atoms with E-state index >= 15 is 0 Å². The molecule has 2 nitrogen and oxygen atoms in total. The number of nitrogens with zero attached hydrogens (tertiary/aromatic N) is 1. The van der Waals surface area contributed by atoms with Crippen LogP contribution in [0.2, 0.25) is 0 Å². The summed E-state index contributed by atoms with van der Waals surface area (Å²) in [4.78, 5) is 14.9. The van der Waals surface area contributed by atoms with Gasteiger partial charge in [-0.3, -0.25) is 4.79 Å². The number of hydrogen-bond donors (Lipinski definition) is 0. The summed E-state index contributed by atoms with van der Waals surface area (Å²) in [5.41, 5.74) is 0. The van der Waals surface area contributed by atoms with Crippen LogP contribution in [0.25, 0.3) is 0 Å². The molecule has 130 valence electrons. The van der Waals surface area contributed by atoms with Gasteiger partial charge >= 0.3 is 0 Å². The van der Waals surface area contributed by atoms with Gasteiger partial charge in [0, 0.05) is 29.2 Å². The summed E-state index contributed by atoms with van der Waals surface area (Å²) in [5, 5.41) is 0. The van der Waals surface area contributed by atoms with Crippen LogP contribution in [0, 0.1) is 0 Å². The molecule has 2 atom stereocenters. The molecule has 0 radical (unpaired) electrons. The molecule has 4 heteroatoms. The molecule has 1 amide bonds. The summed E-state index contributed by atoms with van der Waals surface area (Å²) in [6, 6.07) is 0. The van der Waals surface area contributed by atoms with Crippen LogP contribution in [-0.2, 0) is 4.79 Å². The second-order valence-corrected chi connectivity index (χ2v) is 8.94. The number of hydrogen-bond acceptors (Lipinski definition) is 1. The predicted molar refractivity (Wildman–Crippen MR) is 103 cm³/mol. The van der Waals surface area contributed by atoms with E-state index in [4.69, 9.17) is 0 Å². The smallest absolute Gasteiger partial charge is 0.223 e. The molecule has 0 saturated carbocycles. The lowest BCUT2D eigenvalue weighted by Crippen LogP contribution is -2.31. The lowest BCUT2D eigenvalue weighted by molar-refractivity contribution is -0.130. The zero-order valence-corrected chi connectivity index (χ0v) is 17.3. The summed E-state index contributed by atoms with van der Waals surface area (Å²) in [6.07, 6.45) is 15.2. The molecule has 1 aliphatic heterocycles. The number of unbranched alkanes of at least 4 members (excludes halogenated alkanes) is 9. The van der Waals surface area contributed by atoms with Crippen molar-refractivity contribution in [2.75, 3.05) is 13.1 Å². The van der Waals surface area contributed by atoms with Crippen LogP contribution in [0.4, 0.5) is 0 Å². The van der Waals surface area contributed by atoms with Crippen molar-refractivity contribution >= 4 is 37.8 Å². The van der Waals surface area contributed by atoms with E-state index in [1.807, 2.05) is 0 Å². The van der Waals surface area contributed by atoms with E-state index in [-0.39, 0.29) is 4.83 Å². The number of alkyl halides is 2. The third kappa shape index (κ3) is 8.90. The second-order valence-electron chi connectivity index (χ2n) is 6.59.